The number of aromatic nitrogens is 1. The average Bonchev–Trinajstić information content (AvgIpc) is 3.38. The highest BCUT2D eigenvalue weighted by atomic mass is 16.5. The van der Waals surface area contributed by atoms with Gasteiger partial charge in [-0.1, -0.05) is 42.4 Å². The summed E-state index contributed by atoms with van der Waals surface area (Å²) in [5.41, 5.74) is 1.14. The molecule has 2 amide bonds. The number of likely N-dealkylation sites (tertiary alicyclic amines) is 2. The molecule has 142 valence electrons. The van der Waals surface area contributed by atoms with E-state index in [9.17, 15) is 9.59 Å². The van der Waals surface area contributed by atoms with Crippen molar-refractivity contribution in [3.05, 3.63) is 42.1 Å². The van der Waals surface area contributed by atoms with Crippen LogP contribution in [0.25, 0.3) is 11.3 Å². The summed E-state index contributed by atoms with van der Waals surface area (Å²) in [4.78, 5) is 29.5. The molecule has 2 aromatic rings. The molecule has 1 atom stereocenters. The fraction of sp³-hybridized carbons (Fsp3) is 0.476. The standard InChI is InChI=1S/C21H25N3O3/c1-15-9-12-23(13-10-15)21(26)18-8-5-11-24(18)20(25)17-14-19(27-22-17)16-6-3-2-4-7-16/h2-4,6-7,14-15,18H,5,8-13H2,1H3/t18-/m0/s1. The van der Waals surface area contributed by atoms with Crippen molar-refractivity contribution in [2.24, 2.45) is 5.92 Å². The van der Waals surface area contributed by atoms with Crippen LogP contribution in [-0.4, -0.2) is 52.4 Å². The number of carbonyl (C=O) groups is 2. The normalized spacial score (nSPS) is 20.9. The van der Waals surface area contributed by atoms with Gasteiger partial charge in [0.25, 0.3) is 5.91 Å². The lowest BCUT2D eigenvalue weighted by Crippen LogP contribution is -2.49. The Balaban J connectivity index is 1.48. The first kappa shape index (κ1) is 17.8. The molecule has 0 unspecified atom stereocenters. The second kappa shape index (κ2) is 7.55. The summed E-state index contributed by atoms with van der Waals surface area (Å²) in [5, 5.41) is 3.96. The summed E-state index contributed by atoms with van der Waals surface area (Å²) in [6.07, 6.45) is 3.64. The quantitative estimate of drug-likeness (QED) is 0.835. The first-order valence-electron chi connectivity index (χ1n) is 9.75. The van der Waals surface area contributed by atoms with Gasteiger partial charge in [0.05, 0.1) is 0 Å². The number of hydrogen-bond acceptors (Lipinski definition) is 4. The molecule has 2 aliphatic rings. The van der Waals surface area contributed by atoms with Crippen molar-refractivity contribution in [1.29, 1.82) is 0 Å². The molecule has 27 heavy (non-hydrogen) atoms. The predicted molar refractivity (Wildman–Crippen MR) is 101 cm³/mol. The third-order valence-electron chi connectivity index (χ3n) is 5.68. The predicted octanol–water partition coefficient (Wildman–Crippen LogP) is 3.20. The van der Waals surface area contributed by atoms with Gasteiger partial charge in [-0.15, -0.1) is 0 Å². The van der Waals surface area contributed by atoms with Crippen LogP contribution in [0.4, 0.5) is 0 Å². The van der Waals surface area contributed by atoms with Crippen LogP contribution < -0.4 is 0 Å². The molecule has 6 nitrogen and oxygen atoms in total. The maximum absolute atomic E-state index is 13.0. The van der Waals surface area contributed by atoms with E-state index in [0.29, 0.717) is 18.2 Å². The molecule has 2 fully saturated rings. The third kappa shape index (κ3) is 3.61. The smallest absolute Gasteiger partial charge is 0.276 e. The number of rotatable bonds is 3. The second-order valence-corrected chi connectivity index (χ2v) is 7.61. The summed E-state index contributed by atoms with van der Waals surface area (Å²) in [7, 11) is 0. The minimum atomic E-state index is -0.372. The molecule has 1 aromatic heterocycles. The summed E-state index contributed by atoms with van der Waals surface area (Å²) < 4.78 is 5.36. The fourth-order valence-corrected chi connectivity index (χ4v) is 3.97. The largest absolute Gasteiger partial charge is 0.355 e. The van der Waals surface area contributed by atoms with Gasteiger partial charge in [0.15, 0.2) is 11.5 Å². The van der Waals surface area contributed by atoms with E-state index in [0.717, 1.165) is 44.3 Å². The molecule has 6 heteroatoms. The number of nitrogens with zero attached hydrogens (tertiary/aromatic N) is 3. The van der Waals surface area contributed by atoms with Crippen LogP contribution in [0.1, 0.15) is 43.1 Å². The van der Waals surface area contributed by atoms with E-state index in [1.54, 1.807) is 11.0 Å². The van der Waals surface area contributed by atoms with Gasteiger partial charge in [0, 0.05) is 31.3 Å². The Labute approximate surface area is 159 Å². The molecule has 1 aromatic carbocycles. The first-order valence-corrected chi connectivity index (χ1v) is 9.75. The molecular weight excluding hydrogens is 342 g/mol. The molecule has 4 rings (SSSR count). The second-order valence-electron chi connectivity index (χ2n) is 7.61. The van der Waals surface area contributed by atoms with Crippen molar-refractivity contribution < 1.29 is 14.1 Å². The average molecular weight is 367 g/mol. The number of carbonyl (C=O) groups excluding carboxylic acids is 2. The highest BCUT2D eigenvalue weighted by Crippen LogP contribution is 2.26. The maximum Gasteiger partial charge on any atom is 0.276 e. The van der Waals surface area contributed by atoms with E-state index in [1.807, 2.05) is 35.2 Å². The zero-order valence-electron chi connectivity index (χ0n) is 15.6. The summed E-state index contributed by atoms with van der Waals surface area (Å²) in [6, 6.07) is 10.9. The lowest BCUT2D eigenvalue weighted by Gasteiger charge is -2.34. The minimum Gasteiger partial charge on any atom is -0.355 e. The van der Waals surface area contributed by atoms with Gasteiger partial charge >= 0.3 is 0 Å². The van der Waals surface area contributed by atoms with E-state index >= 15 is 0 Å². The monoisotopic (exact) mass is 367 g/mol. The lowest BCUT2D eigenvalue weighted by atomic mass is 9.98. The van der Waals surface area contributed by atoms with Crippen LogP contribution in [0.3, 0.4) is 0 Å². The number of benzene rings is 1. The van der Waals surface area contributed by atoms with E-state index < -0.39 is 0 Å². The SMILES string of the molecule is CC1CCN(C(=O)[C@@H]2CCCN2C(=O)c2cc(-c3ccccc3)on2)CC1. The Morgan fingerprint density at radius 2 is 1.81 bits per heavy atom. The van der Waals surface area contributed by atoms with E-state index in [2.05, 4.69) is 12.1 Å². The van der Waals surface area contributed by atoms with Gasteiger partial charge in [-0.25, -0.2) is 0 Å². The van der Waals surface area contributed by atoms with E-state index in [1.165, 1.54) is 0 Å². The van der Waals surface area contributed by atoms with Gasteiger partial charge in [-0.05, 0) is 31.6 Å². The topological polar surface area (TPSA) is 66.7 Å². The number of piperidine rings is 1. The Bertz CT molecular complexity index is 809. The molecule has 3 heterocycles. The molecule has 0 spiro atoms. The maximum atomic E-state index is 13.0. The molecule has 2 aliphatic heterocycles. The summed E-state index contributed by atoms with van der Waals surface area (Å²) >= 11 is 0. The van der Waals surface area contributed by atoms with E-state index in [-0.39, 0.29) is 23.6 Å². The molecule has 0 radical (unpaired) electrons. The van der Waals surface area contributed by atoms with Gasteiger partial charge in [0.2, 0.25) is 5.91 Å². The first-order chi connectivity index (χ1) is 13.1. The molecule has 0 N–H and O–H groups in total. The zero-order chi connectivity index (χ0) is 18.8. The molecule has 0 aliphatic carbocycles. The van der Waals surface area contributed by atoms with Gasteiger partial charge < -0.3 is 14.3 Å². The Morgan fingerprint density at radius 3 is 2.56 bits per heavy atom. The zero-order valence-corrected chi connectivity index (χ0v) is 15.6. The summed E-state index contributed by atoms with van der Waals surface area (Å²) in [5.74, 6) is 1.09. The van der Waals surface area contributed by atoms with E-state index in [4.69, 9.17) is 4.52 Å². The molecular formula is C21H25N3O3. The van der Waals surface area contributed by atoms with Crippen LogP contribution in [-0.2, 0) is 4.79 Å². The molecule has 2 saturated heterocycles. The highest BCUT2D eigenvalue weighted by Gasteiger charge is 2.38. The molecule has 0 bridgehead atoms. The van der Waals surface area contributed by atoms with Crippen LogP contribution in [0.5, 0.6) is 0 Å². The fourth-order valence-electron chi connectivity index (χ4n) is 3.97. The minimum absolute atomic E-state index is 0.0829. The van der Waals surface area contributed by atoms with Crippen molar-refractivity contribution in [2.45, 2.75) is 38.6 Å². The van der Waals surface area contributed by atoms with Crippen LogP contribution in [0.2, 0.25) is 0 Å². The number of amides is 2. The van der Waals surface area contributed by atoms with Gasteiger partial charge in [-0.3, -0.25) is 9.59 Å². The van der Waals surface area contributed by atoms with Crippen molar-refractivity contribution in [2.75, 3.05) is 19.6 Å². The van der Waals surface area contributed by atoms with Crippen molar-refractivity contribution in [3.63, 3.8) is 0 Å². The van der Waals surface area contributed by atoms with Crippen LogP contribution in [0.15, 0.2) is 40.9 Å². The lowest BCUT2D eigenvalue weighted by molar-refractivity contribution is -0.136. The number of hydrogen-bond donors (Lipinski definition) is 0. The highest BCUT2D eigenvalue weighted by molar-refractivity contribution is 5.97. The van der Waals surface area contributed by atoms with Crippen molar-refractivity contribution in [1.82, 2.24) is 15.0 Å². The molecule has 0 saturated carbocycles. The van der Waals surface area contributed by atoms with Crippen molar-refractivity contribution in [3.8, 4) is 11.3 Å². The third-order valence-corrected chi connectivity index (χ3v) is 5.68. The Morgan fingerprint density at radius 1 is 1.07 bits per heavy atom. The Kier molecular flexibility index (Phi) is 4.97. The summed E-state index contributed by atoms with van der Waals surface area (Å²) in [6.45, 7) is 4.40. The van der Waals surface area contributed by atoms with Crippen molar-refractivity contribution >= 4 is 11.8 Å². The van der Waals surface area contributed by atoms with Gasteiger partial charge in [0.1, 0.15) is 6.04 Å². The van der Waals surface area contributed by atoms with Crippen LogP contribution >= 0.6 is 0 Å². The van der Waals surface area contributed by atoms with Crippen LogP contribution in [0, 0.1) is 5.92 Å². The Hall–Kier alpha value is -2.63. The van der Waals surface area contributed by atoms with Gasteiger partial charge in [-0.2, -0.15) is 0 Å².